The third-order valence-corrected chi connectivity index (χ3v) is 7.07. The van der Waals surface area contributed by atoms with Crippen LogP contribution in [0.25, 0.3) is 0 Å². The van der Waals surface area contributed by atoms with Gasteiger partial charge in [-0.2, -0.15) is 5.26 Å². The third kappa shape index (κ3) is 4.97. The predicted molar refractivity (Wildman–Crippen MR) is 134 cm³/mol. The first kappa shape index (κ1) is 25.4. The number of fused-ring (bicyclic) bond motifs is 1. The van der Waals surface area contributed by atoms with Crippen LogP contribution < -0.4 is 5.32 Å². The molecule has 2 aromatic carbocycles. The van der Waals surface area contributed by atoms with Gasteiger partial charge in [0.05, 0.1) is 17.5 Å². The molecule has 4 rings (SSSR count). The highest BCUT2D eigenvalue weighted by molar-refractivity contribution is 6.04. The molecule has 1 saturated heterocycles. The molecule has 1 fully saturated rings. The topological polar surface area (TPSA) is 93.5 Å². The number of hydrogen-bond acceptors (Lipinski definition) is 4. The molecule has 2 aliphatic heterocycles. The predicted octanol–water partition coefficient (Wildman–Crippen LogP) is 4.16. The highest BCUT2D eigenvalue weighted by Crippen LogP contribution is 2.41. The highest BCUT2D eigenvalue weighted by Gasteiger charge is 2.47. The zero-order valence-corrected chi connectivity index (χ0v) is 20.8. The van der Waals surface area contributed by atoms with E-state index in [4.69, 9.17) is 0 Å². The maximum Gasteiger partial charge on any atom is 0.254 e. The fourth-order valence-corrected chi connectivity index (χ4v) is 5.52. The number of halogens is 1. The van der Waals surface area contributed by atoms with Crippen LogP contribution in [0.2, 0.25) is 0 Å². The smallest absolute Gasteiger partial charge is 0.254 e. The monoisotopic (exact) mass is 490 g/mol. The van der Waals surface area contributed by atoms with Crippen molar-refractivity contribution < 1.29 is 18.8 Å². The van der Waals surface area contributed by atoms with Crippen LogP contribution in [0.15, 0.2) is 42.5 Å². The molecule has 36 heavy (non-hydrogen) atoms. The molecule has 0 bridgehead atoms. The minimum atomic E-state index is -0.690. The van der Waals surface area contributed by atoms with Gasteiger partial charge in [0.25, 0.3) is 5.91 Å². The van der Waals surface area contributed by atoms with Crippen molar-refractivity contribution in [2.45, 2.75) is 45.6 Å². The van der Waals surface area contributed by atoms with E-state index in [1.54, 1.807) is 30.0 Å². The van der Waals surface area contributed by atoms with Crippen LogP contribution in [-0.4, -0.2) is 53.2 Å². The van der Waals surface area contributed by atoms with Crippen LogP contribution in [0.1, 0.15) is 61.0 Å². The van der Waals surface area contributed by atoms with E-state index >= 15 is 0 Å². The Morgan fingerprint density at radius 3 is 2.67 bits per heavy atom. The lowest BCUT2D eigenvalue weighted by Crippen LogP contribution is -2.58. The zero-order valence-electron chi connectivity index (χ0n) is 20.8. The van der Waals surface area contributed by atoms with Crippen LogP contribution in [0.3, 0.4) is 0 Å². The summed E-state index contributed by atoms with van der Waals surface area (Å²) in [6, 6.07) is 12.4. The Kier molecular flexibility index (Phi) is 7.39. The van der Waals surface area contributed by atoms with Gasteiger partial charge in [0.1, 0.15) is 11.9 Å². The molecule has 0 saturated carbocycles. The number of anilines is 1. The lowest BCUT2D eigenvalue weighted by Gasteiger charge is -2.48. The van der Waals surface area contributed by atoms with E-state index in [1.807, 2.05) is 30.9 Å². The molecule has 8 heteroatoms. The number of nitrogens with one attached hydrogen (secondary N) is 1. The molecule has 0 spiro atoms. The Bertz CT molecular complexity index is 1220. The van der Waals surface area contributed by atoms with Gasteiger partial charge < -0.3 is 15.1 Å². The molecule has 188 valence electrons. The summed E-state index contributed by atoms with van der Waals surface area (Å²) in [5.41, 5.74) is 1.29. The summed E-state index contributed by atoms with van der Waals surface area (Å²) in [6.45, 7) is 7.23. The quantitative estimate of drug-likeness (QED) is 0.681. The Morgan fingerprint density at radius 2 is 1.97 bits per heavy atom. The normalized spacial score (nSPS) is 21.7. The van der Waals surface area contributed by atoms with Crippen LogP contribution in [0.4, 0.5) is 10.1 Å². The summed E-state index contributed by atoms with van der Waals surface area (Å²) in [6.07, 6.45) is 1.58. The van der Waals surface area contributed by atoms with Crippen LogP contribution in [0, 0.1) is 29.0 Å². The molecular formula is C28H31FN4O3. The van der Waals surface area contributed by atoms with Gasteiger partial charge in [-0.25, -0.2) is 4.39 Å². The Hall–Kier alpha value is -3.73. The number of nitriles is 1. The van der Waals surface area contributed by atoms with Crippen molar-refractivity contribution in [2.75, 3.05) is 25.0 Å². The van der Waals surface area contributed by atoms with Crippen molar-refractivity contribution in [1.82, 2.24) is 9.80 Å². The van der Waals surface area contributed by atoms with Gasteiger partial charge in [-0.3, -0.25) is 14.4 Å². The first-order valence-corrected chi connectivity index (χ1v) is 12.4. The number of nitrogens with zero attached hydrogens (tertiary/aromatic N) is 3. The number of likely N-dealkylation sites (tertiary alicyclic amines) is 1. The molecule has 2 heterocycles. The number of rotatable bonds is 5. The van der Waals surface area contributed by atoms with Gasteiger partial charge in [-0.05, 0) is 54.5 Å². The Morgan fingerprint density at radius 1 is 1.22 bits per heavy atom. The van der Waals surface area contributed by atoms with Crippen molar-refractivity contribution in [3.8, 4) is 6.07 Å². The minimum Gasteiger partial charge on any atom is -0.343 e. The lowest BCUT2D eigenvalue weighted by atomic mass is 9.74. The molecule has 3 atom stereocenters. The molecule has 2 aromatic rings. The van der Waals surface area contributed by atoms with E-state index in [2.05, 4.69) is 5.32 Å². The number of amides is 3. The largest absolute Gasteiger partial charge is 0.343 e. The zero-order chi connectivity index (χ0) is 26.0. The number of benzene rings is 2. The number of piperidine rings is 1. The summed E-state index contributed by atoms with van der Waals surface area (Å²) < 4.78 is 13.9. The second-order valence-electron chi connectivity index (χ2n) is 10.1. The van der Waals surface area contributed by atoms with E-state index in [1.165, 1.54) is 12.1 Å². The first-order valence-electron chi connectivity index (χ1n) is 12.4. The van der Waals surface area contributed by atoms with Gasteiger partial charge in [0.2, 0.25) is 11.8 Å². The fraction of sp³-hybridized carbons (Fsp3) is 0.429. The number of carbonyl (C=O) groups excluding carboxylic acids is 3. The molecule has 7 nitrogen and oxygen atoms in total. The summed E-state index contributed by atoms with van der Waals surface area (Å²) >= 11 is 0. The molecular weight excluding hydrogens is 459 g/mol. The SMILES string of the molecule is CC(=O)N1CCCC([C@@H]2[C@@H](C(=O)Nc3ccc(F)c(C#N)c3)c3ccccc3C(=O)N2CC(C)C)C1. The van der Waals surface area contributed by atoms with E-state index in [0.717, 1.165) is 18.9 Å². The van der Waals surface area contributed by atoms with Crippen molar-refractivity contribution >= 4 is 23.4 Å². The van der Waals surface area contributed by atoms with Crippen molar-refractivity contribution in [2.24, 2.45) is 11.8 Å². The van der Waals surface area contributed by atoms with Gasteiger partial charge in [-0.1, -0.05) is 32.0 Å². The molecule has 1 unspecified atom stereocenters. The van der Waals surface area contributed by atoms with Gasteiger partial charge in [0, 0.05) is 37.8 Å². The van der Waals surface area contributed by atoms with Crippen LogP contribution >= 0.6 is 0 Å². The Balaban J connectivity index is 1.79. The molecule has 0 aliphatic carbocycles. The summed E-state index contributed by atoms with van der Waals surface area (Å²) in [7, 11) is 0. The van der Waals surface area contributed by atoms with Crippen molar-refractivity contribution in [3.05, 3.63) is 65.0 Å². The van der Waals surface area contributed by atoms with Crippen LogP contribution in [0.5, 0.6) is 0 Å². The van der Waals surface area contributed by atoms with E-state index in [0.29, 0.717) is 36.4 Å². The minimum absolute atomic E-state index is 0.0195. The maximum absolute atomic E-state index is 13.9. The lowest BCUT2D eigenvalue weighted by molar-refractivity contribution is -0.131. The highest BCUT2D eigenvalue weighted by atomic mass is 19.1. The van der Waals surface area contributed by atoms with Gasteiger partial charge in [-0.15, -0.1) is 0 Å². The molecule has 0 radical (unpaired) electrons. The van der Waals surface area contributed by atoms with E-state index in [9.17, 15) is 24.0 Å². The van der Waals surface area contributed by atoms with E-state index in [-0.39, 0.29) is 35.1 Å². The van der Waals surface area contributed by atoms with Crippen molar-refractivity contribution in [1.29, 1.82) is 5.26 Å². The van der Waals surface area contributed by atoms with Crippen LogP contribution in [-0.2, 0) is 9.59 Å². The second kappa shape index (κ2) is 10.5. The Labute approximate surface area is 210 Å². The fourth-order valence-electron chi connectivity index (χ4n) is 5.52. The summed E-state index contributed by atoms with van der Waals surface area (Å²) in [5.74, 6) is -1.72. The average Bonchev–Trinajstić information content (AvgIpc) is 2.86. The molecule has 1 N–H and O–H groups in total. The van der Waals surface area contributed by atoms with E-state index < -0.39 is 17.8 Å². The second-order valence-corrected chi connectivity index (χ2v) is 10.1. The summed E-state index contributed by atoms with van der Waals surface area (Å²) in [5, 5.41) is 12.1. The number of carbonyl (C=O) groups is 3. The van der Waals surface area contributed by atoms with Crippen molar-refractivity contribution in [3.63, 3.8) is 0 Å². The third-order valence-electron chi connectivity index (χ3n) is 7.07. The van der Waals surface area contributed by atoms with Gasteiger partial charge in [0.15, 0.2) is 0 Å². The first-order chi connectivity index (χ1) is 17.2. The average molecular weight is 491 g/mol. The molecule has 3 amide bonds. The molecule has 0 aromatic heterocycles. The van der Waals surface area contributed by atoms with Gasteiger partial charge >= 0.3 is 0 Å². The maximum atomic E-state index is 13.9. The standard InChI is InChI=1S/C28H31FN4O3/c1-17(2)15-33-26(19-7-6-12-32(16-19)18(3)34)25(22-8-4-5-9-23(22)28(33)36)27(35)31-21-10-11-24(29)20(13-21)14-30/h4-5,8-11,13,17,19,25-26H,6-7,12,15-16H2,1-3H3,(H,31,35)/t19?,25-,26+/m0/s1. The summed E-state index contributed by atoms with van der Waals surface area (Å²) in [4.78, 5) is 43.4. The number of hydrogen-bond donors (Lipinski definition) is 1. The molecule has 2 aliphatic rings.